The fourth-order valence-corrected chi connectivity index (χ4v) is 3.13. The molecule has 0 aliphatic heterocycles. The Morgan fingerprint density at radius 3 is 2.15 bits per heavy atom. The van der Waals surface area contributed by atoms with Gasteiger partial charge in [0.2, 0.25) is 17.7 Å². The van der Waals surface area contributed by atoms with Crippen LogP contribution in [-0.4, -0.2) is 44.4 Å². The smallest absolute Gasteiger partial charge is 0.335 e. The van der Waals surface area contributed by atoms with Gasteiger partial charge < -0.3 is 9.47 Å². The molecule has 0 aliphatic rings. The van der Waals surface area contributed by atoms with Crippen LogP contribution < -0.4 is 19.5 Å². The Kier molecular flexibility index (Phi) is 5.72. The zero-order chi connectivity index (χ0) is 19.3. The quantitative estimate of drug-likeness (QED) is 0.714. The Labute approximate surface area is 149 Å². The van der Waals surface area contributed by atoms with Crippen LogP contribution in [0.25, 0.3) is 0 Å². The molecule has 0 spiro atoms. The zero-order valence-electron chi connectivity index (χ0n) is 14.1. The molecule has 0 bridgehead atoms. The molecule has 2 aromatic rings. The van der Waals surface area contributed by atoms with Gasteiger partial charge in [0.25, 0.3) is 10.0 Å². The van der Waals surface area contributed by atoms with Gasteiger partial charge in [-0.05, 0) is 13.0 Å². The maximum absolute atomic E-state index is 12.4. The number of urea groups is 1. The molecule has 138 valence electrons. The number of anilines is 1. The molecule has 11 heteroatoms. The first-order chi connectivity index (χ1) is 12.3. The van der Waals surface area contributed by atoms with Crippen molar-refractivity contribution < 1.29 is 27.5 Å². The van der Waals surface area contributed by atoms with Crippen molar-refractivity contribution in [3.05, 3.63) is 35.9 Å². The molecule has 0 radical (unpaired) electrons. The fourth-order valence-electron chi connectivity index (χ4n) is 1.96. The lowest BCUT2D eigenvalue weighted by Crippen LogP contribution is -2.35. The average molecular weight is 380 g/mol. The van der Waals surface area contributed by atoms with E-state index < -0.39 is 21.8 Å². The number of nitrogens with zero attached hydrogens (tertiary/aromatic N) is 2. The predicted molar refractivity (Wildman–Crippen MR) is 90.9 cm³/mol. The summed E-state index contributed by atoms with van der Waals surface area (Å²) in [7, 11) is -1.58. The highest BCUT2D eigenvalue weighted by Crippen LogP contribution is 2.18. The predicted octanol–water partition coefficient (Wildman–Crippen LogP) is 1.21. The second kappa shape index (κ2) is 7.78. The number of aromatic nitrogens is 2. The highest BCUT2D eigenvalue weighted by molar-refractivity contribution is 7.90. The summed E-state index contributed by atoms with van der Waals surface area (Å²) >= 11 is 0. The lowest BCUT2D eigenvalue weighted by molar-refractivity contribution is 0.101. The third kappa shape index (κ3) is 4.45. The number of nitrogens with one attached hydrogen (secondary N) is 2. The standard InChI is InChI=1S/C15H16N4O6S/c1-9(20)10-6-4-5-7-11(10)26(22,23)19-15(21)18-14-16-12(24-2)8-13(17-14)25-3/h4-8H,1-3H3,(H2,16,17,18,19,21). The molecule has 2 amide bonds. The molecule has 0 aliphatic carbocycles. The van der Waals surface area contributed by atoms with Gasteiger partial charge in [0.05, 0.1) is 25.2 Å². The van der Waals surface area contributed by atoms with Crippen LogP contribution in [0.1, 0.15) is 17.3 Å². The zero-order valence-corrected chi connectivity index (χ0v) is 15.0. The molecule has 0 unspecified atom stereocenters. The molecule has 10 nitrogen and oxygen atoms in total. The summed E-state index contributed by atoms with van der Waals surface area (Å²) < 4.78 is 36.4. The molecule has 1 aromatic heterocycles. The summed E-state index contributed by atoms with van der Waals surface area (Å²) in [6, 6.07) is 5.80. The molecule has 0 saturated carbocycles. The van der Waals surface area contributed by atoms with Crippen LogP contribution in [0.4, 0.5) is 10.7 Å². The first kappa shape index (κ1) is 19.1. The minimum atomic E-state index is -4.29. The van der Waals surface area contributed by atoms with Gasteiger partial charge in [0.1, 0.15) is 0 Å². The molecular weight excluding hydrogens is 364 g/mol. The van der Waals surface area contributed by atoms with E-state index in [-0.39, 0.29) is 28.2 Å². The number of benzene rings is 1. The largest absolute Gasteiger partial charge is 0.481 e. The lowest BCUT2D eigenvalue weighted by atomic mass is 10.1. The Morgan fingerprint density at radius 2 is 1.62 bits per heavy atom. The summed E-state index contributed by atoms with van der Waals surface area (Å²) in [6.45, 7) is 1.23. The van der Waals surface area contributed by atoms with E-state index in [0.717, 1.165) is 0 Å². The summed E-state index contributed by atoms with van der Waals surface area (Å²) in [5.74, 6) is -0.463. The lowest BCUT2D eigenvalue weighted by Gasteiger charge is -2.11. The van der Waals surface area contributed by atoms with Crippen molar-refractivity contribution in [1.82, 2.24) is 14.7 Å². The number of ether oxygens (including phenoxy) is 2. The van der Waals surface area contributed by atoms with Crippen LogP contribution in [0.15, 0.2) is 35.2 Å². The topological polar surface area (TPSA) is 137 Å². The number of carbonyl (C=O) groups excluding carboxylic acids is 2. The van der Waals surface area contributed by atoms with Gasteiger partial charge in [-0.1, -0.05) is 18.2 Å². The van der Waals surface area contributed by atoms with Crippen LogP contribution >= 0.6 is 0 Å². The van der Waals surface area contributed by atoms with E-state index in [4.69, 9.17) is 9.47 Å². The molecule has 1 aromatic carbocycles. The van der Waals surface area contributed by atoms with Crippen LogP contribution in [0.3, 0.4) is 0 Å². The molecule has 0 fully saturated rings. The maximum atomic E-state index is 12.4. The molecule has 2 rings (SSSR count). The first-order valence-electron chi connectivity index (χ1n) is 7.17. The van der Waals surface area contributed by atoms with Gasteiger partial charge in [0, 0.05) is 5.56 Å². The van der Waals surface area contributed by atoms with E-state index in [9.17, 15) is 18.0 Å². The normalized spacial score (nSPS) is 10.7. The number of sulfonamides is 1. The highest BCUT2D eigenvalue weighted by atomic mass is 32.2. The highest BCUT2D eigenvalue weighted by Gasteiger charge is 2.23. The first-order valence-corrected chi connectivity index (χ1v) is 8.66. The van der Waals surface area contributed by atoms with Gasteiger partial charge in [-0.25, -0.2) is 17.9 Å². The average Bonchev–Trinajstić information content (AvgIpc) is 2.60. The third-order valence-electron chi connectivity index (χ3n) is 3.11. The number of methoxy groups -OCH3 is 2. The Morgan fingerprint density at radius 1 is 1.04 bits per heavy atom. The van der Waals surface area contributed by atoms with E-state index >= 15 is 0 Å². The molecule has 0 saturated heterocycles. The number of rotatable bonds is 6. The molecular formula is C15H16N4O6S. The number of Topliss-reactive ketones (excluding diaryl/α,β-unsaturated/α-hetero) is 1. The maximum Gasteiger partial charge on any atom is 0.335 e. The van der Waals surface area contributed by atoms with E-state index in [1.54, 1.807) is 4.72 Å². The monoisotopic (exact) mass is 380 g/mol. The van der Waals surface area contributed by atoms with E-state index in [1.165, 1.54) is 51.5 Å². The number of amides is 2. The second-order valence-electron chi connectivity index (χ2n) is 4.89. The van der Waals surface area contributed by atoms with E-state index in [1.807, 2.05) is 0 Å². The van der Waals surface area contributed by atoms with E-state index in [0.29, 0.717) is 0 Å². The van der Waals surface area contributed by atoms with Crippen LogP contribution in [0, 0.1) is 0 Å². The van der Waals surface area contributed by atoms with E-state index in [2.05, 4.69) is 15.3 Å². The Balaban J connectivity index is 2.23. The van der Waals surface area contributed by atoms with Crippen molar-refractivity contribution in [2.75, 3.05) is 19.5 Å². The number of ketones is 1. The second-order valence-corrected chi connectivity index (χ2v) is 6.54. The van der Waals surface area contributed by atoms with Crippen molar-refractivity contribution in [2.24, 2.45) is 0 Å². The minimum absolute atomic E-state index is 0.0351. The number of hydrogen-bond donors (Lipinski definition) is 2. The van der Waals surface area contributed by atoms with Gasteiger partial charge in [-0.15, -0.1) is 0 Å². The third-order valence-corrected chi connectivity index (χ3v) is 4.49. The molecule has 26 heavy (non-hydrogen) atoms. The van der Waals surface area contributed by atoms with Gasteiger partial charge in [-0.2, -0.15) is 9.97 Å². The van der Waals surface area contributed by atoms with Crippen LogP contribution in [0.2, 0.25) is 0 Å². The molecule has 1 heterocycles. The van der Waals surface area contributed by atoms with Crippen molar-refractivity contribution in [3.8, 4) is 11.8 Å². The van der Waals surface area contributed by atoms with Crippen molar-refractivity contribution in [3.63, 3.8) is 0 Å². The number of hydrogen-bond acceptors (Lipinski definition) is 8. The Bertz CT molecular complexity index is 923. The minimum Gasteiger partial charge on any atom is -0.481 e. The summed E-state index contributed by atoms with van der Waals surface area (Å²) in [5.41, 5.74) is -0.0351. The van der Waals surface area contributed by atoms with Gasteiger partial charge in [-0.3, -0.25) is 10.1 Å². The van der Waals surface area contributed by atoms with Gasteiger partial charge >= 0.3 is 6.03 Å². The van der Waals surface area contributed by atoms with Gasteiger partial charge in [0.15, 0.2) is 5.78 Å². The van der Waals surface area contributed by atoms with Crippen molar-refractivity contribution in [1.29, 1.82) is 0 Å². The molecule has 0 atom stereocenters. The summed E-state index contributed by atoms with van der Waals surface area (Å²) in [6.07, 6.45) is 0. The van der Waals surface area contributed by atoms with Crippen molar-refractivity contribution in [2.45, 2.75) is 11.8 Å². The van der Waals surface area contributed by atoms with Crippen LogP contribution in [0.5, 0.6) is 11.8 Å². The van der Waals surface area contributed by atoms with Crippen molar-refractivity contribution >= 4 is 27.8 Å². The fraction of sp³-hybridized carbons (Fsp3) is 0.200. The summed E-state index contributed by atoms with van der Waals surface area (Å²) in [5, 5.41) is 2.17. The molecule has 2 N–H and O–H groups in total. The Hall–Kier alpha value is -3.21. The number of carbonyl (C=O) groups is 2. The van der Waals surface area contributed by atoms with Crippen LogP contribution in [-0.2, 0) is 10.0 Å². The SMILES string of the molecule is COc1cc(OC)nc(NC(=O)NS(=O)(=O)c2ccccc2C(C)=O)n1. The summed E-state index contributed by atoms with van der Waals surface area (Å²) in [4.78, 5) is 31.0.